The van der Waals surface area contributed by atoms with E-state index >= 15 is 0 Å². The van der Waals surface area contributed by atoms with Gasteiger partial charge in [-0.3, -0.25) is 0 Å². The average molecular weight is 479 g/mol. The number of aliphatic hydroxyl groups excluding tert-OH is 1. The van der Waals surface area contributed by atoms with Crippen molar-refractivity contribution in [3.8, 4) is 22.8 Å². The molecule has 0 aliphatic carbocycles. The van der Waals surface area contributed by atoms with Crippen molar-refractivity contribution in [3.05, 3.63) is 72.2 Å². The van der Waals surface area contributed by atoms with Crippen molar-refractivity contribution in [1.29, 1.82) is 0 Å². The SMILES string of the molecule is COc1ccc(-c2ccc3nc(C(O)C(F)(F)F)n(Cc4ccccc4OC(F)F)c3c2)cn1. The molecule has 0 aliphatic heterocycles. The van der Waals surface area contributed by atoms with Crippen LogP contribution in [-0.2, 0) is 6.54 Å². The second-order valence-electron chi connectivity index (χ2n) is 7.28. The third-order valence-electron chi connectivity index (χ3n) is 5.13. The lowest BCUT2D eigenvalue weighted by Crippen LogP contribution is -2.24. The topological polar surface area (TPSA) is 69.4 Å². The molecule has 2 aromatic carbocycles. The summed E-state index contributed by atoms with van der Waals surface area (Å²) in [5.74, 6) is -0.470. The second-order valence-corrected chi connectivity index (χ2v) is 7.28. The molecule has 0 amide bonds. The van der Waals surface area contributed by atoms with Gasteiger partial charge in [0.15, 0.2) is 0 Å². The Morgan fingerprint density at radius 3 is 2.41 bits per heavy atom. The molecule has 2 aromatic heterocycles. The molecule has 0 saturated heterocycles. The minimum atomic E-state index is -4.99. The Labute approximate surface area is 190 Å². The van der Waals surface area contributed by atoms with E-state index in [-0.39, 0.29) is 28.9 Å². The molecule has 0 saturated carbocycles. The number of aliphatic hydroxyl groups is 1. The highest BCUT2D eigenvalue weighted by molar-refractivity contribution is 5.83. The van der Waals surface area contributed by atoms with Gasteiger partial charge in [-0.1, -0.05) is 24.3 Å². The molecule has 4 aromatic rings. The first-order valence-electron chi connectivity index (χ1n) is 9.95. The van der Waals surface area contributed by atoms with E-state index in [9.17, 15) is 27.1 Å². The molecule has 0 fully saturated rings. The molecule has 4 rings (SSSR count). The van der Waals surface area contributed by atoms with Crippen LogP contribution in [0.2, 0.25) is 0 Å². The molecule has 0 bridgehead atoms. The van der Waals surface area contributed by atoms with Crippen LogP contribution in [0.15, 0.2) is 60.8 Å². The molecule has 0 radical (unpaired) electrons. The number of aromatic nitrogens is 3. The lowest BCUT2D eigenvalue weighted by Gasteiger charge is -2.18. The van der Waals surface area contributed by atoms with Gasteiger partial charge in [0, 0.05) is 23.4 Å². The van der Waals surface area contributed by atoms with Crippen LogP contribution >= 0.6 is 0 Å². The van der Waals surface area contributed by atoms with E-state index in [2.05, 4.69) is 14.7 Å². The van der Waals surface area contributed by atoms with Gasteiger partial charge in [0.2, 0.25) is 12.0 Å². The zero-order valence-electron chi connectivity index (χ0n) is 17.6. The summed E-state index contributed by atoms with van der Waals surface area (Å²) < 4.78 is 76.6. The zero-order valence-corrected chi connectivity index (χ0v) is 17.6. The van der Waals surface area contributed by atoms with Crippen molar-refractivity contribution in [2.75, 3.05) is 7.11 Å². The van der Waals surface area contributed by atoms with Crippen LogP contribution in [0.25, 0.3) is 22.2 Å². The molecule has 2 heterocycles. The number of nitrogens with zero attached hydrogens (tertiary/aromatic N) is 3. The van der Waals surface area contributed by atoms with Crippen LogP contribution in [0.3, 0.4) is 0 Å². The van der Waals surface area contributed by atoms with E-state index < -0.39 is 24.7 Å². The lowest BCUT2D eigenvalue weighted by atomic mass is 10.1. The Morgan fingerprint density at radius 1 is 1.03 bits per heavy atom. The summed E-state index contributed by atoms with van der Waals surface area (Å²) in [7, 11) is 1.47. The first-order chi connectivity index (χ1) is 16.2. The first kappa shape index (κ1) is 23.4. The van der Waals surface area contributed by atoms with E-state index in [4.69, 9.17) is 4.74 Å². The lowest BCUT2D eigenvalue weighted by molar-refractivity contribution is -0.209. The normalized spacial score (nSPS) is 12.8. The van der Waals surface area contributed by atoms with E-state index in [0.717, 1.165) is 4.57 Å². The first-order valence-corrected chi connectivity index (χ1v) is 9.95. The van der Waals surface area contributed by atoms with Crippen molar-refractivity contribution in [1.82, 2.24) is 14.5 Å². The Kier molecular flexibility index (Phi) is 6.38. The van der Waals surface area contributed by atoms with E-state index in [1.165, 1.54) is 37.6 Å². The highest BCUT2D eigenvalue weighted by Crippen LogP contribution is 2.36. The van der Waals surface area contributed by atoms with E-state index in [0.29, 0.717) is 17.0 Å². The summed E-state index contributed by atoms with van der Waals surface area (Å²) in [6.45, 7) is -3.42. The number of halogens is 5. The second kappa shape index (κ2) is 9.26. The number of para-hydroxylation sites is 1. The zero-order chi connectivity index (χ0) is 24.5. The van der Waals surface area contributed by atoms with Crippen molar-refractivity contribution >= 4 is 11.0 Å². The fraction of sp³-hybridized carbons (Fsp3) is 0.217. The number of imidazole rings is 1. The van der Waals surface area contributed by atoms with Crippen LogP contribution in [0.4, 0.5) is 22.0 Å². The third kappa shape index (κ3) is 4.79. The number of methoxy groups -OCH3 is 1. The van der Waals surface area contributed by atoms with Gasteiger partial charge in [-0.25, -0.2) is 9.97 Å². The molecular weight excluding hydrogens is 461 g/mol. The number of hydrogen-bond donors (Lipinski definition) is 1. The molecular formula is C23H18F5N3O3. The summed E-state index contributed by atoms with van der Waals surface area (Å²) in [6.07, 6.45) is -6.33. The number of rotatable bonds is 7. The largest absolute Gasteiger partial charge is 0.481 e. The van der Waals surface area contributed by atoms with E-state index in [1.54, 1.807) is 30.3 Å². The van der Waals surface area contributed by atoms with Crippen LogP contribution in [0.1, 0.15) is 17.5 Å². The van der Waals surface area contributed by atoms with Gasteiger partial charge in [0.05, 0.1) is 24.7 Å². The van der Waals surface area contributed by atoms with Gasteiger partial charge in [0.25, 0.3) is 0 Å². The summed E-state index contributed by atoms with van der Waals surface area (Å²) in [5, 5.41) is 9.99. The standard InChI is InChI=1S/C23H18F5N3O3/c1-33-19-9-7-14(11-29-19)13-6-8-16-17(10-13)31(21(30-16)20(32)23(26,27)28)12-15-4-2-3-5-18(15)34-22(24)25/h2-11,20,22,32H,12H2,1H3. The Bertz CT molecular complexity index is 1290. The van der Waals surface area contributed by atoms with Crippen LogP contribution in [-0.4, -0.2) is 39.5 Å². The Hall–Kier alpha value is -3.73. The fourth-order valence-electron chi connectivity index (χ4n) is 3.53. The molecule has 178 valence electrons. The van der Waals surface area contributed by atoms with Gasteiger partial charge in [-0.15, -0.1) is 0 Å². The highest BCUT2D eigenvalue weighted by atomic mass is 19.4. The van der Waals surface area contributed by atoms with Crippen molar-refractivity contribution in [2.45, 2.75) is 25.4 Å². The van der Waals surface area contributed by atoms with Gasteiger partial charge < -0.3 is 19.1 Å². The van der Waals surface area contributed by atoms with Gasteiger partial charge in [-0.2, -0.15) is 22.0 Å². The number of ether oxygens (including phenoxy) is 2. The molecule has 1 N–H and O–H groups in total. The van der Waals surface area contributed by atoms with Crippen LogP contribution in [0, 0.1) is 0 Å². The predicted molar refractivity (Wildman–Crippen MR) is 113 cm³/mol. The molecule has 0 aliphatic rings. The number of fused-ring (bicyclic) bond motifs is 1. The molecule has 0 spiro atoms. The quantitative estimate of drug-likeness (QED) is 0.362. The molecule has 6 nitrogen and oxygen atoms in total. The fourth-order valence-corrected chi connectivity index (χ4v) is 3.53. The minimum Gasteiger partial charge on any atom is -0.481 e. The summed E-state index contributed by atoms with van der Waals surface area (Å²) in [6, 6.07) is 13.9. The van der Waals surface area contributed by atoms with Crippen molar-refractivity contribution in [3.63, 3.8) is 0 Å². The van der Waals surface area contributed by atoms with E-state index in [1.807, 2.05) is 0 Å². The average Bonchev–Trinajstić information content (AvgIpc) is 3.16. The van der Waals surface area contributed by atoms with Gasteiger partial charge in [0.1, 0.15) is 11.6 Å². The summed E-state index contributed by atoms with van der Waals surface area (Å²) in [4.78, 5) is 8.12. The summed E-state index contributed by atoms with van der Waals surface area (Å²) in [5.41, 5.74) is 1.92. The molecule has 34 heavy (non-hydrogen) atoms. The number of benzene rings is 2. The van der Waals surface area contributed by atoms with Crippen molar-refractivity contribution < 1.29 is 36.5 Å². The third-order valence-corrected chi connectivity index (χ3v) is 5.13. The summed E-state index contributed by atoms with van der Waals surface area (Å²) >= 11 is 0. The van der Waals surface area contributed by atoms with Crippen LogP contribution in [0.5, 0.6) is 11.6 Å². The number of pyridine rings is 1. The Morgan fingerprint density at radius 2 is 1.76 bits per heavy atom. The highest BCUT2D eigenvalue weighted by Gasteiger charge is 2.42. The van der Waals surface area contributed by atoms with Crippen molar-refractivity contribution in [2.24, 2.45) is 0 Å². The number of alkyl halides is 5. The maximum atomic E-state index is 13.4. The molecule has 1 unspecified atom stereocenters. The molecule has 1 atom stereocenters. The van der Waals surface area contributed by atoms with Crippen LogP contribution < -0.4 is 9.47 Å². The van der Waals surface area contributed by atoms with Gasteiger partial charge in [-0.05, 0) is 29.8 Å². The maximum Gasteiger partial charge on any atom is 0.421 e. The smallest absolute Gasteiger partial charge is 0.421 e. The number of hydrogen-bond acceptors (Lipinski definition) is 5. The van der Waals surface area contributed by atoms with Gasteiger partial charge >= 0.3 is 12.8 Å². The Balaban J connectivity index is 1.86. The minimum absolute atomic E-state index is 0.189. The predicted octanol–water partition coefficient (Wildman–Crippen LogP) is 5.35. The molecule has 11 heteroatoms. The maximum absolute atomic E-state index is 13.4. The monoisotopic (exact) mass is 479 g/mol.